The third kappa shape index (κ3) is 3.71. The topological polar surface area (TPSA) is 62.7 Å². The summed E-state index contributed by atoms with van der Waals surface area (Å²) in [5.41, 5.74) is 2.49. The molecule has 0 atom stereocenters. The molecule has 4 nitrogen and oxygen atoms in total. The predicted molar refractivity (Wildman–Crippen MR) is 106 cm³/mol. The minimum atomic E-state index is -0.161. The van der Waals surface area contributed by atoms with Gasteiger partial charge in [0.05, 0.1) is 5.92 Å². The van der Waals surface area contributed by atoms with Gasteiger partial charge in [-0.05, 0) is 28.6 Å². The summed E-state index contributed by atoms with van der Waals surface area (Å²) >= 11 is 1.55. The predicted octanol–water partition coefficient (Wildman–Crippen LogP) is 5.38. The first-order chi connectivity index (χ1) is 13.3. The highest BCUT2D eigenvalue weighted by Crippen LogP contribution is 2.31. The number of hydrogen-bond donors (Lipinski definition) is 0. The Labute approximate surface area is 161 Å². The van der Waals surface area contributed by atoms with Crippen LogP contribution in [-0.2, 0) is 0 Å². The van der Waals surface area contributed by atoms with Gasteiger partial charge in [-0.2, -0.15) is 10.2 Å². The molecule has 130 valence electrons. The zero-order valence-corrected chi connectivity index (χ0v) is 15.1. The van der Waals surface area contributed by atoms with Gasteiger partial charge < -0.3 is 4.52 Å². The molecule has 0 saturated carbocycles. The molecule has 4 aromatic rings. The molecule has 4 rings (SSSR count). The molecule has 0 saturated heterocycles. The van der Waals surface area contributed by atoms with E-state index in [1.165, 1.54) is 0 Å². The summed E-state index contributed by atoms with van der Waals surface area (Å²) in [7, 11) is 0. The average molecular weight is 369 g/mol. The lowest BCUT2D eigenvalue weighted by molar-refractivity contribution is 0.401. The Bertz CT molecular complexity index is 1040. The Kier molecular flexibility index (Phi) is 4.91. The average Bonchev–Trinajstić information content (AvgIpc) is 3.40. The van der Waals surface area contributed by atoms with E-state index in [0.717, 1.165) is 16.0 Å². The van der Waals surface area contributed by atoms with Crippen molar-refractivity contribution >= 4 is 23.0 Å². The third-order valence-corrected chi connectivity index (χ3v) is 4.97. The van der Waals surface area contributed by atoms with E-state index in [0.29, 0.717) is 11.4 Å². The summed E-state index contributed by atoms with van der Waals surface area (Å²) in [5, 5.41) is 15.7. The highest BCUT2D eigenvalue weighted by molar-refractivity contribution is 7.10. The molecule has 0 radical (unpaired) electrons. The molecule has 0 amide bonds. The van der Waals surface area contributed by atoms with Crippen LogP contribution in [-0.4, -0.2) is 10.1 Å². The molecule has 0 fully saturated rings. The van der Waals surface area contributed by atoms with Crippen LogP contribution < -0.4 is 0 Å². The Morgan fingerprint density at radius 3 is 2.19 bits per heavy atom. The molecule has 2 heterocycles. The maximum absolute atomic E-state index is 9.52. The number of nitrogens with zero attached hydrogens (tertiary/aromatic N) is 3. The highest BCUT2D eigenvalue weighted by atomic mass is 32.1. The number of nitriles is 1. The first kappa shape index (κ1) is 17.0. The summed E-state index contributed by atoms with van der Waals surface area (Å²) in [5.74, 6) is 0.610. The quantitative estimate of drug-likeness (QED) is 0.443. The second-order valence-corrected chi connectivity index (χ2v) is 6.88. The molecule has 2 aromatic heterocycles. The largest absolute Gasteiger partial charge is 0.333 e. The smallest absolute Gasteiger partial charge is 0.268 e. The minimum absolute atomic E-state index is 0.161. The van der Waals surface area contributed by atoms with Crippen molar-refractivity contribution in [3.63, 3.8) is 0 Å². The van der Waals surface area contributed by atoms with Crippen molar-refractivity contribution in [1.82, 2.24) is 10.1 Å². The van der Waals surface area contributed by atoms with Gasteiger partial charge in [-0.15, -0.1) is 11.3 Å². The van der Waals surface area contributed by atoms with E-state index in [-0.39, 0.29) is 11.8 Å². The summed E-state index contributed by atoms with van der Waals surface area (Å²) in [4.78, 5) is 5.52. The number of hydrogen-bond acceptors (Lipinski definition) is 5. The van der Waals surface area contributed by atoms with E-state index >= 15 is 0 Å². The zero-order valence-electron chi connectivity index (χ0n) is 14.3. The van der Waals surface area contributed by atoms with E-state index in [4.69, 9.17) is 4.52 Å². The second-order valence-electron chi connectivity index (χ2n) is 5.90. The van der Waals surface area contributed by atoms with Crippen LogP contribution >= 0.6 is 11.3 Å². The maximum Gasteiger partial charge on any atom is 0.268 e. The molecule has 5 heteroatoms. The summed E-state index contributed by atoms with van der Waals surface area (Å²) < 4.78 is 5.44. The van der Waals surface area contributed by atoms with Crippen molar-refractivity contribution in [2.45, 2.75) is 5.92 Å². The Hall–Kier alpha value is -3.49. The normalized spacial score (nSPS) is 11.5. The van der Waals surface area contributed by atoms with Gasteiger partial charge in [0, 0.05) is 4.88 Å². The van der Waals surface area contributed by atoms with Crippen molar-refractivity contribution in [3.05, 3.63) is 106 Å². The first-order valence-corrected chi connectivity index (χ1v) is 9.32. The standard InChI is InChI=1S/C22H15N3OS/c23-15-18(14-19-12-7-13-27-19)22-24-21(25-26-22)20(16-8-3-1-4-9-16)17-10-5-2-6-11-17/h1-14,20H/b18-14+. The Morgan fingerprint density at radius 2 is 1.63 bits per heavy atom. The van der Waals surface area contributed by atoms with Crippen molar-refractivity contribution in [2.24, 2.45) is 0 Å². The Balaban J connectivity index is 1.76. The molecule has 0 aliphatic carbocycles. The molecule has 27 heavy (non-hydrogen) atoms. The number of thiophene rings is 1. The second kappa shape index (κ2) is 7.81. The minimum Gasteiger partial charge on any atom is -0.333 e. The molecule has 0 spiro atoms. The SMILES string of the molecule is N#C/C(=C\c1cccs1)c1nc(C(c2ccccc2)c2ccccc2)no1. The van der Waals surface area contributed by atoms with Crippen molar-refractivity contribution in [2.75, 3.05) is 0 Å². The fourth-order valence-corrected chi connectivity index (χ4v) is 3.56. The number of allylic oxidation sites excluding steroid dienone is 1. The third-order valence-electron chi connectivity index (χ3n) is 4.15. The molecular weight excluding hydrogens is 354 g/mol. The van der Waals surface area contributed by atoms with Crippen LogP contribution in [0.25, 0.3) is 11.6 Å². The van der Waals surface area contributed by atoms with E-state index in [2.05, 4.69) is 16.2 Å². The molecule has 0 unspecified atom stereocenters. The van der Waals surface area contributed by atoms with E-state index in [1.807, 2.05) is 78.2 Å². The van der Waals surface area contributed by atoms with Gasteiger partial charge in [-0.1, -0.05) is 71.9 Å². The van der Waals surface area contributed by atoms with E-state index < -0.39 is 0 Å². The lowest BCUT2D eigenvalue weighted by Crippen LogP contribution is -2.05. The summed E-state index contributed by atoms with van der Waals surface area (Å²) in [6, 6.07) is 26.1. The van der Waals surface area contributed by atoms with E-state index in [1.54, 1.807) is 17.4 Å². The monoisotopic (exact) mass is 369 g/mol. The van der Waals surface area contributed by atoms with Gasteiger partial charge in [0.1, 0.15) is 11.6 Å². The van der Waals surface area contributed by atoms with Gasteiger partial charge in [-0.25, -0.2) is 0 Å². The fraction of sp³-hybridized carbons (Fsp3) is 0.0455. The summed E-state index contributed by atoms with van der Waals surface area (Å²) in [6.45, 7) is 0. The molecule has 0 N–H and O–H groups in total. The van der Waals surface area contributed by atoms with E-state index in [9.17, 15) is 5.26 Å². The van der Waals surface area contributed by atoms with Gasteiger partial charge in [-0.3, -0.25) is 0 Å². The van der Waals surface area contributed by atoms with Crippen molar-refractivity contribution in [3.8, 4) is 6.07 Å². The number of aromatic nitrogens is 2. The molecule has 0 aliphatic rings. The number of rotatable bonds is 5. The number of benzene rings is 2. The van der Waals surface area contributed by atoms with Crippen LogP contribution in [0.15, 0.2) is 82.7 Å². The van der Waals surface area contributed by atoms with Gasteiger partial charge in [0.15, 0.2) is 5.82 Å². The highest BCUT2D eigenvalue weighted by Gasteiger charge is 2.23. The van der Waals surface area contributed by atoms with Crippen LogP contribution in [0, 0.1) is 11.3 Å². The lowest BCUT2D eigenvalue weighted by atomic mass is 9.91. The molecular formula is C22H15N3OS. The van der Waals surface area contributed by atoms with Crippen LogP contribution in [0.5, 0.6) is 0 Å². The fourth-order valence-electron chi connectivity index (χ4n) is 2.90. The van der Waals surface area contributed by atoms with Gasteiger partial charge in [0.2, 0.25) is 0 Å². The van der Waals surface area contributed by atoms with Gasteiger partial charge >= 0.3 is 0 Å². The van der Waals surface area contributed by atoms with Crippen molar-refractivity contribution < 1.29 is 4.52 Å². The van der Waals surface area contributed by atoms with Gasteiger partial charge in [0.25, 0.3) is 5.89 Å². The van der Waals surface area contributed by atoms with Crippen LogP contribution in [0.1, 0.15) is 33.6 Å². The molecule has 0 aliphatic heterocycles. The van der Waals surface area contributed by atoms with Crippen LogP contribution in [0.4, 0.5) is 0 Å². The summed E-state index contributed by atoms with van der Waals surface area (Å²) in [6.07, 6.45) is 1.77. The van der Waals surface area contributed by atoms with Crippen LogP contribution in [0.3, 0.4) is 0 Å². The Morgan fingerprint density at radius 1 is 0.963 bits per heavy atom. The zero-order chi connectivity index (χ0) is 18.5. The molecule has 2 aromatic carbocycles. The van der Waals surface area contributed by atoms with Crippen molar-refractivity contribution in [1.29, 1.82) is 5.26 Å². The maximum atomic E-state index is 9.52. The van der Waals surface area contributed by atoms with Crippen LogP contribution in [0.2, 0.25) is 0 Å². The first-order valence-electron chi connectivity index (χ1n) is 8.44. The molecule has 0 bridgehead atoms. The lowest BCUT2D eigenvalue weighted by Gasteiger charge is -2.13.